The van der Waals surface area contributed by atoms with E-state index in [1.807, 2.05) is 31.2 Å². The molecule has 2 aliphatic rings. The number of rotatable bonds is 21. The van der Waals surface area contributed by atoms with E-state index in [2.05, 4.69) is 37.2 Å². The highest BCUT2D eigenvalue weighted by molar-refractivity contribution is 9.10. The van der Waals surface area contributed by atoms with Gasteiger partial charge in [0.1, 0.15) is 30.3 Å². The summed E-state index contributed by atoms with van der Waals surface area (Å²) in [6.45, 7) is 7.70. The molecule has 1 saturated carbocycles. The fourth-order valence-corrected chi connectivity index (χ4v) is 7.44. The maximum atomic E-state index is 14.6. The molecular formula is C41H61BrN6O10. The summed E-state index contributed by atoms with van der Waals surface area (Å²) < 4.78 is 12.1. The molecule has 322 valence electrons. The van der Waals surface area contributed by atoms with Gasteiger partial charge in [0.2, 0.25) is 35.3 Å². The molecule has 1 saturated heterocycles. The van der Waals surface area contributed by atoms with Gasteiger partial charge in [-0.2, -0.15) is 0 Å². The lowest BCUT2D eigenvalue weighted by molar-refractivity contribution is -0.162. The van der Waals surface area contributed by atoms with E-state index in [0.717, 1.165) is 35.7 Å². The van der Waals surface area contributed by atoms with Gasteiger partial charge in [-0.15, -0.1) is 0 Å². The van der Waals surface area contributed by atoms with Crippen LogP contribution >= 0.6 is 15.9 Å². The predicted octanol–water partition coefficient (Wildman–Crippen LogP) is 2.52. The van der Waals surface area contributed by atoms with Crippen molar-refractivity contribution >= 4 is 63.1 Å². The highest BCUT2D eigenvalue weighted by Gasteiger charge is 2.45. The summed E-state index contributed by atoms with van der Waals surface area (Å²) in [5, 5.41) is 10.3. The number of nitrogens with two attached hydrogens (primary N) is 1. The summed E-state index contributed by atoms with van der Waals surface area (Å²) in [4.78, 5) is 107. The van der Waals surface area contributed by atoms with Gasteiger partial charge in [-0.05, 0) is 70.1 Å². The van der Waals surface area contributed by atoms with Crippen LogP contribution in [0.2, 0.25) is 0 Å². The Morgan fingerprint density at radius 3 is 2.16 bits per heavy atom. The van der Waals surface area contributed by atoms with Gasteiger partial charge in [0, 0.05) is 17.4 Å². The number of primary amides is 1. The van der Waals surface area contributed by atoms with E-state index in [4.69, 9.17) is 15.2 Å². The molecule has 1 aromatic carbocycles. The molecule has 17 heteroatoms. The molecule has 0 aromatic heterocycles. The van der Waals surface area contributed by atoms with Crippen molar-refractivity contribution in [2.45, 2.75) is 148 Å². The molecule has 16 nitrogen and oxygen atoms in total. The van der Waals surface area contributed by atoms with Crippen LogP contribution in [-0.4, -0.2) is 108 Å². The SMILES string of the molecule is CCCCC(NC(=O)CNC(=O)C(=O)C(CCC)NC(=O)C1CC(OCC(=O)OC(C)(C)C)CN1C(=O)C(NC(=O)Cc1ccc(Br)cc1)C1CCCCC1)C(N)=O. The summed E-state index contributed by atoms with van der Waals surface area (Å²) in [6.07, 6.45) is 5.55. The standard InChI is InChI=1S/C41H61BrN6O10/c1-6-8-15-30(37(43)53)45-33(50)22-44-39(55)36(52)29(12-7-2)46-38(54)31-21-28(57-24-34(51)58-41(3,4)5)23-48(31)40(56)35(26-13-10-9-11-14-26)47-32(49)20-25-16-18-27(42)19-17-25/h16-19,26,28-31,35H,6-15,20-24H2,1-5H3,(H2,43,53)(H,44,55)(H,45,50)(H,46,54)(H,47,49). The number of hydrogen-bond acceptors (Lipinski definition) is 10. The number of nitrogens with zero attached hydrogens (tertiary/aromatic N) is 1. The first-order chi connectivity index (χ1) is 27.4. The van der Waals surface area contributed by atoms with E-state index >= 15 is 0 Å². The van der Waals surface area contributed by atoms with Crippen LogP contribution in [0.25, 0.3) is 0 Å². The van der Waals surface area contributed by atoms with Crippen molar-refractivity contribution in [3.05, 3.63) is 34.3 Å². The molecule has 6 amide bonds. The number of ether oxygens (including phenoxy) is 2. The summed E-state index contributed by atoms with van der Waals surface area (Å²) >= 11 is 3.40. The van der Waals surface area contributed by atoms with Crippen molar-refractivity contribution in [3.8, 4) is 0 Å². The van der Waals surface area contributed by atoms with Gasteiger partial charge in [-0.1, -0.05) is 80.4 Å². The van der Waals surface area contributed by atoms with Crippen LogP contribution < -0.4 is 27.0 Å². The average molecular weight is 878 g/mol. The molecule has 1 aliphatic carbocycles. The highest BCUT2D eigenvalue weighted by atomic mass is 79.9. The number of esters is 1. The van der Waals surface area contributed by atoms with Crippen molar-refractivity contribution < 1.29 is 47.8 Å². The molecule has 0 radical (unpaired) electrons. The van der Waals surface area contributed by atoms with E-state index in [1.54, 1.807) is 27.7 Å². The second-order valence-electron chi connectivity index (χ2n) is 16.1. The number of ketones is 1. The zero-order chi connectivity index (χ0) is 43.0. The number of nitrogens with one attached hydrogen (secondary N) is 4. The summed E-state index contributed by atoms with van der Waals surface area (Å²) in [5.74, 6) is -5.96. The summed E-state index contributed by atoms with van der Waals surface area (Å²) in [6, 6.07) is 2.90. The first-order valence-electron chi connectivity index (χ1n) is 20.3. The highest BCUT2D eigenvalue weighted by Crippen LogP contribution is 2.30. The molecular weight excluding hydrogens is 816 g/mol. The summed E-state index contributed by atoms with van der Waals surface area (Å²) in [7, 11) is 0. The van der Waals surface area contributed by atoms with Crippen LogP contribution in [0.15, 0.2) is 28.7 Å². The quantitative estimate of drug-likeness (QED) is 0.0895. The maximum absolute atomic E-state index is 14.6. The molecule has 1 aromatic rings. The number of carbonyl (C=O) groups excluding carboxylic acids is 8. The van der Waals surface area contributed by atoms with E-state index in [1.165, 1.54) is 4.90 Å². The molecule has 0 spiro atoms. The van der Waals surface area contributed by atoms with Gasteiger partial charge in [-0.25, -0.2) is 4.79 Å². The van der Waals surface area contributed by atoms with Gasteiger partial charge >= 0.3 is 5.97 Å². The van der Waals surface area contributed by atoms with Crippen molar-refractivity contribution in [2.24, 2.45) is 11.7 Å². The second kappa shape index (κ2) is 23.3. The van der Waals surface area contributed by atoms with Crippen LogP contribution in [0.3, 0.4) is 0 Å². The Morgan fingerprint density at radius 1 is 0.879 bits per heavy atom. The van der Waals surface area contributed by atoms with Crippen LogP contribution in [-0.2, 0) is 54.3 Å². The Bertz CT molecular complexity index is 1610. The lowest BCUT2D eigenvalue weighted by atomic mass is 9.83. The zero-order valence-electron chi connectivity index (χ0n) is 34.4. The Hall–Kier alpha value is -4.38. The Balaban J connectivity index is 1.81. The molecule has 6 N–H and O–H groups in total. The Labute approximate surface area is 349 Å². The number of carbonyl (C=O) groups is 8. The fraction of sp³-hybridized carbons (Fsp3) is 0.659. The molecule has 5 atom stereocenters. The average Bonchev–Trinajstić information content (AvgIpc) is 3.61. The Kier molecular flexibility index (Phi) is 19.3. The second-order valence-corrected chi connectivity index (χ2v) is 17.0. The third kappa shape index (κ3) is 15.8. The first-order valence-corrected chi connectivity index (χ1v) is 21.1. The minimum atomic E-state index is -1.30. The number of hydrogen-bond donors (Lipinski definition) is 5. The van der Waals surface area contributed by atoms with Crippen molar-refractivity contribution in [1.82, 2.24) is 26.2 Å². The normalized spacial score (nSPS) is 18.6. The number of likely N-dealkylation sites (tertiary alicyclic amines) is 1. The Morgan fingerprint density at radius 2 is 1.55 bits per heavy atom. The van der Waals surface area contributed by atoms with Crippen LogP contribution in [0.1, 0.15) is 111 Å². The molecule has 5 unspecified atom stereocenters. The lowest BCUT2D eigenvalue weighted by Gasteiger charge is -2.35. The van der Waals surface area contributed by atoms with E-state index in [9.17, 15) is 38.4 Å². The van der Waals surface area contributed by atoms with Gasteiger partial charge in [0.25, 0.3) is 5.91 Å². The van der Waals surface area contributed by atoms with Crippen LogP contribution in [0.4, 0.5) is 0 Å². The number of Topliss-reactive ketones (excluding diaryl/α,β-unsaturated/α-hetero) is 1. The number of halogens is 1. The summed E-state index contributed by atoms with van der Waals surface area (Å²) in [5.41, 5.74) is 5.38. The first kappa shape index (κ1) is 48.0. The monoisotopic (exact) mass is 876 g/mol. The molecule has 1 aliphatic heterocycles. The van der Waals surface area contributed by atoms with Gasteiger partial charge in [0.15, 0.2) is 0 Å². The minimum Gasteiger partial charge on any atom is -0.458 e. The number of amides is 6. The van der Waals surface area contributed by atoms with Gasteiger partial charge in [-0.3, -0.25) is 33.6 Å². The zero-order valence-corrected chi connectivity index (χ0v) is 36.0. The third-order valence-corrected chi connectivity index (χ3v) is 10.6. The fourth-order valence-electron chi connectivity index (χ4n) is 7.18. The van der Waals surface area contributed by atoms with Crippen molar-refractivity contribution in [2.75, 3.05) is 19.7 Å². The molecule has 1 heterocycles. The van der Waals surface area contributed by atoms with Crippen molar-refractivity contribution in [1.29, 1.82) is 0 Å². The largest absolute Gasteiger partial charge is 0.458 e. The maximum Gasteiger partial charge on any atom is 0.332 e. The molecule has 2 fully saturated rings. The van der Waals surface area contributed by atoms with Crippen LogP contribution in [0.5, 0.6) is 0 Å². The van der Waals surface area contributed by atoms with E-state index < -0.39 is 90.3 Å². The van der Waals surface area contributed by atoms with Gasteiger partial charge < -0.3 is 41.4 Å². The lowest BCUT2D eigenvalue weighted by Crippen LogP contribution is -2.58. The topological polar surface area (TPSA) is 232 Å². The third-order valence-electron chi connectivity index (χ3n) is 10.1. The van der Waals surface area contributed by atoms with E-state index in [-0.39, 0.29) is 37.6 Å². The number of unbranched alkanes of at least 4 members (excludes halogenated alkanes) is 1. The van der Waals surface area contributed by atoms with E-state index in [0.29, 0.717) is 32.1 Å². The molecule has 58 heavy (non-hydrogen) atoms. The van der Waals surface area contributed by atoms with Crippen LogP contribution in [0, 0.1) is 5.92 Å². The minimum absolute atomic E-state index is 0.0322. The smallest absolute Gasteiger partial charge is 0.332 e. The predicted molar refractivity (Wildman–Crippen MR) is 218 cm³/mol. The molecule has 3 rings (SSSR count). The number of benzene rings is 1. The van der Waals surface area contributed by atoms with Gasteiger partial charge in [0.05, 0.1) is 25.1 Å². The molecule has 0 bridgehead atoms. The van der Waals surface area contributed by atoms with Crippen molar-refractivity contribution in [3.63, 3.8) is 0 Å².